The van der Waals surface area contributed by atoms with Crippen molar-refractivity contribution in [1.29, 1.82) is 0 Å². The zero-order valence-electron chi connectivity index (χ0n) is 23.7. The number of ether oxygens (including phenoxy) is 4. The quantitative estimate of drug-likeness (QED) is 0.205. The molecule has 2 aliphatic heterocycles. The van der Waals surface area contributed by atoms with Crippen LogP contribution in [0.4, 0.5) is 0 Å². The second-order valence-electron chi connectivity index (χ2n) is 10.2. The highest BCUT2D eigenvalue weighted by Crippen LogP contribution is 2.35. The summed E-state index contributed by atoms with van der Waals surface area (Å²) in [6.07, 6.45) is 0.814. The first kappa shape index (κ1) is 28.4. The Balaban J connectivity index is 1.20. The van der Waals surface area contributed by atoms with E-state index in [1.165, 1.54) is 11.8 Å². The maximum atomic E-state index is 13.7. The Morgan fingerprint density at radius 2 is 1.60 bits per heavy atom. The molecule has 0 aliphatic carbocycles. The zero-order valence-corrected chi connectivity index (χ0v) is 24.5. The van der Waals surface area contributed by atoms with Crippen molar-refractivity contribution in [2.75, 3.05) is 19.3 Å². The van der Waals surface area contributed by atoms with Gasteiger partial charge in [0.05, 0.1) is 23.2 Å². The van der Waals surface area contributed by atoms with Gasteiger partial charge in [0.15, 0.2) is 28.2 Å². The Bertz CT molecular complexity index is 1760. The third-order valence-corrected chi connectivity index (χ3v) is 8.19. The van der Waals surface area contributed by atoms with Gasteiger partial charge in [-0.15, -0.1) is 0 Å². The minimum atomic E-state index is -0.265. The SMILES string of the molecule is CCC(C)NC(=O)CSc1nc2cc3c(cc2c(=O)n1Cc1ccc(C(=O)NCc2ccc4c(c2)OCO4)cc1)OCO3. The highest BCUT2D eigenvalue weighted by Gasteiger charge is 2.20. The minimum absolute atomic E-state index is 0.0484. The molecule has 6 rings (SSSR count). The number of hydrogen-bond acceptors (Lipinski definition) is 9. The molecule has 0 radical (unpaired) electrons. The predicted octanol–water partition coefficient (Wildman–Crippen LogP) is 3.84. The monoisotopic (exact) mass is 602 g/mol. The maximum Gasteiger partial charge on any atom is 0.262 e. The Labute approximate surface area is 251 Å². The number of carbonyl (C=O) groups is 2. The zero-order chi connectivity index (χ0) is 29.9. The molecule has 0 saturated carbocycles. The first-order chi connectivity index (χ1) is 20.9. The summed E-state index contributed by atoms with van der Waals surface area (Å²) in [4.78, 5) is 43.8. The summed E-state index contributed by atoms with van der Waals surface area (Å²) in [5, 5.41) is 6.65. The third kappa shape index (κ3) is 6.24. The van der Waals surface area contributed by atoms with E-state index in [-0.39, 0.29) is 49.3 Å². The van der Waals surface area contributed by atoms with E-state index in [1.54, 1.807) is 41.0 Å². The highest BCUT2D eigenvalue weighted by atomic mass is 32.2. The van der Waals surface area contributed by atoms with Crippen LogP contribution >= 0.6 is 11.8 Å². The number of fused-ring (bicyclic) bond motifs is 3. The lowest BCUT2D eigenvalue weighted by Crippen LogP contribution is -2.33. The second kappa shape index (κ2) is 12.3. The lowest BCUT2D eigenvalue weighted by atomic mass is 10.1. The van der Waals surface area contributed by atoms with E-state index in [9.17, 15) is 14.4 Å². The van der Waals surface area contributed by atoms with Crippen molar-refractivity contribution in [2.24, 2.45) is 0 Å². The highest BCUT2D eigenvalue weighted by molar-refractivity contribution is 7.99. The van der Waals surface area contributed by atoms with Crippen LogP contribution in [0.15, 0.2) is 64.5 Å². The molecule has 0 bridgehead atoms. The molecule has 0 fully saturated rings. The van der Waals surface area contributed by atoms with Crippen LogP contribution in [0.1, 0.15) is 41.8 Å². The van der Waals surface area contributed by atoms with Crippen LogP contribution in [-0.2, 0) is 17.9 Å². The van der Waals surface area contributed by atoms with Crippen molar-refractivity contribution in [3.63, 3.8) is 0 Å². The van der Waals surface area contributed by atoms with Crippen molar-refractivity contribution in [3.8, 4) is 23.0 Å². The molecule has 1 atom stereocenters. The fourth-order valence-electron chi connectivity index (χ4n) is 4.67. The predicted molar refractivity (Wildman–Crippen MR) is 160 cm³/mol. The van der Waals surface area contributed by atoms with E-state index >= 15 is 0 Å². The van der Waals surface area contributed by atoms with Crippen LogP contribution in [0.5, 0.6) is 23.0 Å². The molecule has 1 aromatic heterocycles. The molecule has 11 nitrogen and oxygen atoms in total. The first-order valence-corrected chi connectivity index (χ1v) is 14.9. The van der Waals surface area contributed by atoms with E-state index in [4.69, 9.17) is 23.9 Å². The molecule has 3 heterocycles. The van der Waals surface area contributed by atoms with Crippen molar-refractivity contribution in [1.82, 2.24) is 20.2 Å². The third-order valence-electron chi connectivity index (χ3n) is 7.21. The van der Waals surface area contributed by atoms with Gasteiger partial charge < -0.3 is 29.6 Å². The van der Waals surface area contributed by atoms with E-state index in [0.717, 1.165) is 17.5 Å². The molecule has 2 amide bonds. The fraction of sp³-hybridized carbons (Fsp3) is 0.290. The van der Waals surface area contributed by atoms with Gasteiger partial charge in [-0.2, -0.15) is 0 Å². The van der Waals surface area contributed by atoms with E-state index < -0.39 is 0 Å². The molecule has 12 heteroatoms. The van der Waals surface area contributed by atoms with Gasteiger partial charge in [-0.25, -0.2) is 4.98 Å². The lowest BCUT2D eigenvalue weighted by Gasteiger charge is -2.15. The normalized spacial score (nSPS) is 13.6. The molecule has 2 aliphatic rings. The van der Waals surface area contributed by atoms with Crippen molar-refractivity contribution in [2.45, 2.75) is 44.6 Å². The summed E-state index contributed by atoms with van der Waals surface area (Å²) < 4.78 is 23.2. The molecule has 0 spiro atoms. The minimum Gasteiger partial charge on any atom is -0.454 e. The summed E-state index contributed by atoms with van der Waals surface area (Å²) in [7, 11) is 0. The molecular formula is C31H30N4O7S. The summed E-state index contributed by atoms with van der Waals surface area (Å²) in [5.41, 5.74) is 2.37. The van der Waals surface area contributed by atoms with Crippen LogP contribution in [0.3, 0.4) is 0 Å². The Morgan fingerprint density at radius 3 is 2.35 bits per heavy atom. The summed E-state index contributed by atoms with van der Waals surface area (Å²) >= 11 is 1.20. The number of thioether (sulfide) groups is 1. The van der Waals surface area contributed by atoms with Crippen molar-refractivity contribution < 1.29 is 28.5 Å². The largest absolute Gasteiger partial charge is 0.454 e. The van der Waals surface area contributed by atoms with Crippen molar-refractivity contribution >= 4 is 34.5 Å². The van der Waals surface area contributed by atoms with Gasteiger partial charge in [-0.05, 0) is 54.8 Å². The molecule has 0 saturated heterocycles. The number of rotatable bonds is 10. The fourth-order valence-corrected chi connectivity index (χ4v) is 5.48. The van der Waals surface area contributed by atoms with Crippen LogP contribution < -0.4 is 35.1 Å². The van der Waals surface area contributed by atoms with Gasteiger partial charge in [-0.1, -0.05) is 36.9 Å². The summed E-state index contributed by atoms with van der Waals surface area (Å²) in [5.74, 6) is 2.10. The molecule has 4 aromatic rings. The van der Waals surface area contributed by atoms with Crippen molar-refractivity contribution in [3.05, 3.63) is 81.6 Å². The van der Waals surface area contributed by atoms with Crippen LogP contribution in [0.25, 0.3) is 10.9 Å². The van der Waals surface area contributed by atoms with Crippen LogP contribution in [0, 0.1) is 0 Å². The average molecular weight is 603 g/mol. The second-order valence-corrected chi connectivity index (χ2v) is 11.2. The lowest BCUT2D eigenvalue weighted by molar-refractivity contribution is -0.119. The Hall–Kier alpha value is -4.71. The number of aromatic nitrogens is 2. The number of benzene rings is 3. The van der Waals surface area contributed by atoms with E-state index in [1.807, 2.05) is 32.0 Å². The Morgan fingerprint density at radius 1 is 0.930 bits per heavy atom. The topological polar surface area (TPSA) is 130 Å². The van der Waals surface area contributed by atoms with E-state index in [2.05, 4.69) is 10.6 Å². The van der Waals surface area contributed by atoms with Crippen LogP contribution in [-0.4, -0.2) is 46.7 Å². The first-order valence-electron chi connectivity index (χ1n) is 13.9. The van der Waals surface area contributed by atoms with Gasteiger partial charge in [0.1, 0.15) is 0 Å². The molecule has 2 N–H and O–H groups in total. The van der Waals surface area contributed by atoms with Gasteiger partial charge in [0.2, 0.25) is 19.5 Å². The van der Waals surface area contributed by atoms with Gasteiger partial charge >= 0.3 is 0 Å². The molecule has 222 valence electrons. The van der Waals surface area contributed by atoms with Gasteiger partial charge in [-0.3, -0.25) is 19.0 Å². The smallest absolute Gasteiger partial charge is 0.262 e. The number of nitrogens with one attached hydrogen (secondary N) is 2. The number of amides is 2. The molecule has 1 unspecified atom stereocenters. The van der Waals surface area contributed by atoms with Gasteiger partial charge in [0, 0.05) is 24.2 Å². The van der Waals surface area contributed by atoms with E-state index in [0.29, 0.717) is 51.2 Å². The Kier molecular flexibility index (Phi) is 8.10. The molecular weight excluding hydrogens is 572 g/mol. The number of nitrogens with zero attached hydrogens (tertiary/aromatic N) is 2. The molecule has 43 heavy (non-hydrogen) atoms. The van der Waals surface area contributed by atoms with Gasteiger partial charge in [0.25, 0.3) is 11.5 Å². The summed E-state index contributed by atoms with van der Waals surface area (Å²) in [6.45, 7) is 4.74. The van der Waals surface area contributed by atoms with Crippen LogP contribution in [0.2, 0.25) is 0 Å². The maximum absolute atomic E-state index is 13.7. The number of carbonyl (C=O) groups excluding carboxylic acids is 2. The average Bonchev–Trinajstić information content (AvgIpc) is 3.68. The molecule has 3 aromatic carbocycles. The standard InChI is InChI=1S/C31H30N4O7S/c1-3-18(2)33-28(36)15-43-31-34-23-12-27-26(41-17-42-27)11-22(23)30(38)35(31)14-19-4-7-21(8-5-19)29(37)32-13-20-6-9-24-25(10-20)40-16-39-24/h4-12,18H,3,13-17H2,1-2H3,(H,32,37)(H,33,36). The number of hydrogen-bond donors (Lipinski definition) is 2. The summed E-state index contributed by atoms with van der Waals surface area (Å²) in [6, 6.07) is 16.0.